The van der Waals surface area contributed by atoms with Crippen molar-refractivity contribution in [3.63, 3.8) is 0 Å². The standard InChI is InChI=1S/C24H33N3/c1-3-21(22-6-5-14-25-18-22)10-9-20(2)27-17-13-24(19-27)11-15-26(16-12-24)23-7-4-8-23/h3,5-6,9-10,14,18,23H,2,4,7-8,11-13,15-17,19H2,1H3/b10-9-,21-3+. The largest absolute Gasteiger partial charge is 0.371 e. The predicted molar refractivity (Wildman–Crippen MR) is 113 cm³/mol. The Morgan fingerprint density at radius 2 is 1.96 bits per heavy atom. The van der Waals surface area contributed by atoms with Crippen molar-refractivity contribution in [1.29, 1.82) is 0 Å². The number of hydrogen-bond donors (Lipinski definition) is 0. The van der Waals surface area contributed by atoms with Crippen LogP contribution in [-0.2, 0) is 0 Å². The van der Waals surface area contributed by atoms with E-state index in [1.54, 1.807) is 0 Å². The second-order valence-corrected chi connectivity index (χ2v) is 8.60. The van der Waals surface area contributed by atoms with Crippen molar-refractivity contribution < 1.29 is 0 Å². The van der Waals surface area contributed by atoms with E-state index in [2.05, 4.69) is 52.6 Å². The Labute approximate surface area is 164 Å². The van der Waals surface area contributed by atoms with Crippen LogP contribution in [0.1, 0.15) is 51.0 Å². The fourth-order valence-corrected chi connectivity index (χ4v) is 4.89. The van der Waals surface area contributed by atoms with Crippen LogP contribution in [0.25, 0.3) is 5.57 Å². The van der Waals surface area contributed by atoms with Gasteiger partial charge < -0.3 is 9.80 Å². The molecule has 4 rings (SSSR count). The number of allylic oxidation sites excluding steroid dienone is 4. The summed E-state index contributed by atoms with van der Waals surface area (Å²) in [6.45, 7) is 11.4. The number of aromatic nitrogens is 1. The molecule has 2 saturated heterocycles. The lowest BCUT2D eigenvalue weighted by atomic mass is 9.76. The zero-order valence-electron chi connectivity index (χ0n) is 16.7. The summed E-state index contributed by atoms with van der Waals surface area (Å²) >= 11 is 0. The fourth-order valence-electron chi connectivity index (χ4n) is 4.89. The van der Waals surface area contributed by atoms with E-state index in [-0.39, 0.29) is 0 Å². The third kappa shape index (κ3) is 4.03. The quantitative estimate of drug-likeness (QED) is 0.694. The maximum atomic E-state index is 4.37. The van der Waals surface area contributed by atoms with Crippen molar-refractivity contribution in [3.05, 3.63) is 60.6 Å². The highest BCUT2D eigenvalue weighted by Crippen LogP contribution is 2.43. The van der Waals surface area contributed by atoms with Gasteiger partial charge in [-0.3, -0.25) is 4.98 Å². The summed E-state index contributed by atoms with van der Waals surface area (Å²) < 4.78 is 0. The molecule has 3 fully saturated rings. The van der Waals surface area contributed by atoms with E-state index in [4.69, 9.17) is 0 Å². The maximum Gasteiger partial charge on any atom is 0.0346 e. The number of pyridine rings is 1. The topological polar surface area (TPSA) is 19.4 Å². The third-order valence-corrected chi connectivity index (χ3v) is 7.06. The van der Waals surface area contributed by atoms with Crippen molar-refractivity contribution in [2.24, 2.45) is 5.41 Å². The van der Waals surface area contributed by atoms with Crippen LogP contribution in [-0.4, -0.2) is 47.0 Å². The van der Waals surface area contributed by atoms with Gasteiger partial charge in [0.15, 0.2) is 0 Å². The van der Waals surface area contributed by atoms with Crippen LogP contribution in [0.3, 0.4) is 0 Å². The molecular weight excluding hydrogens is 330 g/mol. The fraction of sp³-hybridized carbons (Fsp3) is 0.542. The molecule has 0 unspecified atom stereocenters. The molecule has 0 amide bonds. The average Bonchev–Trinajstić information content (AvgIpc) is 3.07. The van der Waals surface area contributed by atoms with Gasteiger partial charge in [0.25, 0.3) is 0 Å². The molecule has 1 aromatic heterocycles. The van der Waals surface area contributed by atoms with Gasteiger partial charge >= 0.3 is 0 Å². The van der Waals surface area contributed by atoms with Gasteiger partial charge in [0.2, 0.25) is 0 Å². The van der Waals surface area contributed by atoms with Crippen molar-refractivity contribution >= 4 is 5.57 Å². The molecule has 0 bridgehead atoms. The van der Waals surface area contributed by atoms with Crippen LogP contribution in [0.4, 0.5) is 0 Å². The van der Waals surface area contributed by atoms with Gasteiger partial charge in [0, 0.05) is 37.2 Å². The van der Waals surface area contributed by atoms with E-state index in [0.29, 0.717) is 5.41 Å². The van der Waals surface area contributed by atoms with Crippen LogP contribution >= 0.6 is 0 Å². The summed E-state index contributed by atoms with van der Waals surface area (Å²) in [5, 5.41) is 0. The highest BCUT2D eigenvalue weighted by atomic mass is 15.2. The Bertz CT molecular complexity index is 706. The number of rotatable bonds is 5. The molecule has 3 heterocycles. The second-order valence-electron chi connectivity index (χ2n) is 8.60. The molecule has 1 aromatic rings. The van der Waals surface area contributed by atoms with Gasteiger partial charge in [-0.2, -0.15) is 0 Å². The molecule has 1 aliphatic carbocycles. The zero-order valence-corrected chi connectivity index (χ0v) is 16.7. The lowest BCUT2D eigenvalue weighted by molar-refractivity contribution is 0.0482. The minimum Gasteiger partial charge on any atom is -0.371 e. The lowest BCUT2D eigenvalue weighted by Crippen LogP contribution is -2.48. The van der Waals surface area contributed by atoms with Crippen LogP contribution < -0.4 is 0 Å². The Morgan fingerprint density at radius 3 is 2.59 bits per heavy atom. The Balaban J connectivity index is 1.33. The van der Waals surface area contributed by atoms with Crippen molar-refractivity contribution in [2.45, 2.75) is 51.5 Å². The van der Waals surface area contributed by atoms with Crippen LogP contribution in [0.5, 0.6) is 0 Å². The van der Waals surface area contributed by atoms with E-state index in [0.717, 1.165) is 23.8 Å². The SMILES string of the molecule is C=C(/C=C\C(=C/C)c1cccnc1)N1CCC2(CCN(C3CCC3)CC2)C1. The first-order valence-electron chi connectivity index (χ1n) is 10.6. The van der Waals surface area contributed by atoms with Gasteiger partial charge in [-0.15, -0.1) is 0 Å². The van der Waals surface area contributed by atoms with Crippen molar-refractivity contribution in [3.8, 4) is 0 Å². The van der Waals surface area contributed by atoms with Crippen LogP contribution in [0, 0.1) is 5.41 Å². The van der Waals surface area contributed by atoms with Gasteiger partial charge in [-0.25, -0.2) is 0 Å². The van der Waals surface area contributed by atoms with E-state index in [9.17, 15) is 0 Å². The molecule has 27 heavy (non-hydrogen) atoms. The molecule has 144 valence electrons. The lowest BCUT2D eigenvalue weighted by Gasteiger charge is -2.45. The van der Waals surface area contributed by atoms with E-state index in [1.165, 1.54) is 63.7 Å². The van der Waals surface area contributed by atoms with Crippen molar-refractivity contribution in [1.82, 2.24) is 14.8 Å². The number of likely N-dealkylation sites (tertiary alicyclic amines) is 2. The van der Waals surface area contributed by atoms with E-state index < -0.39 is 0 Å². The zero-order chi connectivity index (χ0) is 18.7. The molecule has 3 heteroatoms. The summed E-state index contributed by atoms with van der Waals surface area (Å²) in [5.41, 5.74) is 4.04. The molecule has 0 aromatic carbocycles. The monoisotopic (exact) mass is 363 g/mol. The molecule has 0 atom stereocenters. The molecular formula is C24H33N3. The Kier molecular flexibility index (Phi) is 5.49. The first-order chi connectivity index (χ1) is 13.2. The normalized spacial score (nSPS) is 23.9. The molecule has 0 N–H and O–H groups in total. The third-order valence-electron chi connectivity index (χ3n) is 7.06. The summed E-state index contributed by atoms with van der Waals surface area (Å²) in [6.07, 6.45) is 18.6. The first kappa shape index (κ1) is 18.5. The maximum absolute atomic E-state index is 4.37. The summed E-state index contributed by atoms with van der Waals surface area (Å²) in [6, 6.07) is 5.00. The Hall–Kier alpha value is -1.87. The van der Waals surface area contributed by atoms with Crippen LogP contribution in [0.2, 0.25) is 0 Å². The molecule has 3 nitrogen and oxygen atoms in total. The molecule has 3 aliphatic rings. The summed E-state index contributed by atoms with van der Waals surface area (Å²) in [7, 11) is 0. The Morgan fingerprint density at radius 1 is 1.19 bits per heavy atom. The molecule has 0 radical (unpaired) electrons. The van der Waals surface area contributed by atoms with E-state index >= 15 is 0 Å². The van der Waals surface area contributed by atoms with E-state index in [1.807, 2.05) is 18.5 Å². The summed E-state index contributed by atoms with van der Waals surface area (Å²) in [4.78, 5) is 9.50. The second kappa shape index (κ2) is 8.02. The minimum absolute atomic E-state index is 0.532. The van der Waals surface area contributed by atoms with Gasteiger partial charge in [-0.1, -0.05) is 31.2 Å². The number of nitrogens with zero attached hydrogens (tertiary/aromatic N) is 3. The predicted octanol–water partition coefficient (Wildman–Crippen LogP) is 4.90. The first-order valence-corrected chi connectivity index (χ1v) is 10.6. The average molecular weight is 364 g/mol. The molecule has 1 spiro atoms. The highest BCUT2D eigenvalue weighted by Gasteiger charge is 2.42. The molecule has 2 aliphatic heterocycles. The minimum atomic E-state index is 0.532. The van der Waals surface area contributed by atoms with Crippen molar-refractivity contribution in [2.75, 3.05) is 26.2 Å². The van der Waals surface area contributed by atoms with Gasteiger partial charge in [-0.05, 0) is 80.8 Å². The highest BCUT2D eigenvalue weighted by molar-refractivity contribution is 5.73. The van der Waals surface area contributed by atoms with Gasteiger partial charge in [0.1, 0.15) is 0 Å². The molecule has 1 saturated carbocycles. The smallest absolute Gasteiger partial charge is 0.0346 e. The van der Waals surface area contributed by atoms with Gasteiger partial charge in [0.05, 0.1) is 0 Å². The number of hydrogen-bond acceptors (Lipinski definition) is 3. The number of piperidine rings is 1. The van der Waals surface area contributed by atoms with Crippen LogP contribution in [0.15, 0.2) is 55.0 Å². The summed E-state index contributed by atoms with van der Waals surface area (Å²) in [5.74, 6) is 0.